The van der Waals surface area contributed by atoms with E-state index in [1.807, 2.05) is 6.92 Å². The van der Waals surface area contributed by atoms with E-state index >= 15 is 0 Å². The van der Waals surface area contributed by atoms with Crippen LogP contribution in [0.2, 0.25) is 0 Å². The molecule has 3 nitrogen and oxygen atoms in total. The standard InChI is InChI=1S/C15H21N3/c1-11-16-14-10-6-5-9-13(14)15(17-11)18-12-7-3-2-4-8-12/h2-3,12H,4-10H2,1H3,(H,16,17,18). The number of rotatable bonds is 2. The Morgan fingerprint density at radius 2 is 2.06 bits per heavy atom. The van der Waals surface area contributed by atoms with Crippen molar-refractivity contribution < 1.29 is 0 Å². The highest BCUT2D eigenvalue weighted by Gasteiger charge is 2.19. The Bertz CT molecular complexity index is 465. The zero-order valence-corrected chi connectivity index (χ0v) is 11.1. The third-order valence-corrected chi connectivity index (χ3v) is 3.90. The van der Waals surface area contributed by atoms with Crippen molar-refractivity contribution in [2.75, 3.05) is 5.32 Å². The summed E-state index contributed by atoms with van der Waals surface area (Å²) in [4.78, 5) is 9.24. The van der Waals surface area contributed by atoms with Crippen LogP contribution in [0.3, 0.4) is 0 Å². The third-order valence-electron chi connectivity index (χ3n) is 3.90. The van der Waals surface area contributed by atoms with Gasteiger partial charge in [0, 0.05) is 17.3 Å². The summed E-state index contributed by atoms with van der Waals surface area (Å²) < 4.78 is 0. The number of aryl methyl sites for hydroxylation is 2. The minimum Gasteiger partial charge on any atom is -0.367 e. The molecule has 96 valence electrons. The number of allylic oxidation sites excluding steroid dienone is 1. The molecule has 1 atom stereocenters. The first-order valence-electron chi connectivity index (χ1n) is 7.11. The number of nitrogens with one attached hydrogen (secondary N) is 1. The second-order valence-electron chi connectivity index (χ2n) is 5.38. The molecule has 1 aromatic heterocycles. The molecule has 18 heavy (non-hydrogen) atoms. The smallest absolute Gasteiger partial charge is 0.133 e. The number of fused-ring (bicyclic) bond motifs is 1. The van der Waals surface area contributed by atoms with Crippen LogP contribution < -0.4 is 5.32 Å². The molecule has 1 aromatic rings. The van der Waals surface area contributed by atoms with Crippen molar-refractivity contribution in [1.82, 2.24) is 9.97 Å². The molecule has 0 radical (unpaired) electrons. The lowest BCUT2D eigenvalue weighted by Crippen LogP contribution is -2.23. The van der Waals surface area contributed by atoms with E-state index in [-0.39, 0.29) is 0 Å². The van der Waals surface area contributed by atoms with Crippen LogP contribution in [0, 0.1) is 6.92 Å². The maximum atomic E-state index is 4.63. The van der Waals surface area contributed by atoms with Gasteiger partial charge in [0.2, 0.25) is 0 Å². The summed E-state index contributed by atoms with van der Waals surface area (Å²) in [5.74, 6) is 2.02. The summed E-state index contributed by atoms with van der Waals surface area (Å²) in [5.41, 5.74) is 2.66. The number of hydrogen-bond acceptors (Lipinski definition) is 3. The summed E-state index contributed by atoms with van der Waals surface area (Å²) in [6.07, 6.45) is 12.9. The molecule has 0 aliphatic heterocycles. The Hall–Kier alpha value is -1.38. The lowest BCUT2D eigenvalue weighted by atomic mass is 9.95. The molecule has 0 saturated heterocycles. The first-order chi connectivity index (χ1) is 8.83. The summed E-state index contributed by atoms with van der Waals surface area (Å²) >= 11 is 0. The predicted octanol–water partition coefficient (Wildman–Crippen LogP) is 3.18. The van der Waals surface area contributed by atoms with Crippen molar-refractivity contribution in [2.45, 2.75) is 57.9 Å². The fourth-order valence-corrected chi connectivity index (χ4v) is 2.95. The highest BCUT2D eigenvalue weighted by atomic mass is 15.1. The van der Waals surface area contributed by atoms with Crippen LogP contribution >= 0.6 is 0 Å². The second kappa shape index (κ2) is 5.09. The van der Waals surface area contributed by atoms with Gasteiger partial charge in [0.1, 0.15) is 11.6 Å². The van der Waals surface area contributed by atoms with E-state index in [0.29, 0.717) is 6.04 Å². The van der Waals surface area contributed by atoms with E-state index in [0.717, 1.165) is 30.9 Å². The van der Waals surface area contributed by atoms with Gasteiger partial charge in [-0.1, -0.05) is 12.2 Å². The fraction of sp³-hybridized carbons (Fsp3) is 0.600. The van der Waals surface area contributed by atoms with Crippen molar-refractivity contribution in [3.63, 3.8) is 0 Å². The summed E-state index contributed by atoms with van der Waals surface area (Å²) in [7, 11) is 0. The Balaban J connectivity index is 1.86. The average Bonchev–Trinajstić information content (AvgIpc) is 2.40. The van der Waals surface area contributed by atoms with Crippen molar-refractivity contribution in [3.05, 3.63) is 29.2 Å². The molecule has 1 unspecified atom stereocenters. The van der Waals surface area contributed by atoms with Crippen molar-refractivity contribution >= 4 is 5.82 Å². The lowest BCUT2D eigenvalue weighted by Gasteiger charge is -2.24. The third kappa shape index (κ3) is 2.40. The molecule has 0 saturated carbocycles. The molecule has 1 N–H and O–H groups in total. The Labute approximate surface area is 109 Å². The van der Waals surface area contributed by atoms with Gasteiger partial charge < -0.3 is 5.32 Å². The molecule has 0 aromatic carbocycles. The topological polar surface area (TPSA) is 37.8 Å². The van der Waals surface area contributed by atoms with Gasteiger partial charge in [0.25, 0.3) is 0 Å². The molecule has 0 fully saturated rings. The molecular formula is C15H21N3. The van der Waals surface area contributed by atoms with Crippen molar-refractivity contribution in [2.24, 2.45) is 0 Å². The number of anilines is 1. The normalized spacial score (nSPS) is 22.6. The quantitative estimate of drug-likeness (QED) is 0.811. The van der Waals surface area contributed by atoms with Crippen molar-refractivity contribution in [3.8, 4) is 0 Å². The van der Waals surface area contributed by atoms with E-state index in [1.54, 1.807) is 0 Å². The van der Waals surface area contributed by atoms with E-state index < -0.39 is 0 Å². The van der Waals surface area contributed by atoms with Crippen LogP contribution in [0.1, 0.15) is 49.2 Å². The largest absolute Gasteiger partial charge is 0.367 e. The Kier molecular flexibility index (Phi) is 3.31. The zero-order chi connectivity index (χ0) is 12.4. The monoisotopic (exact) mass is 243 g/mol. The fourth-order valence-electron chi connectivity index (χ4n) is 2.95. The summed E-state index contributed by atoms with van der Waals surface area (Å²) in [6.45, 7) is 2.00. The maximum Gasteiger partial charge on any atom is 0.133 e. The van der Waals surface area contributed by atoms with Crippen LogP contribution in [-0.4, -0.2) is 16.0 Å². The van der Waals surface area contributed by atoms with Crippen molar-refractivity contribution in [1.29, 1.82) is 0 Å². The zero-order valence-electron chi connectivity index (χ0n) is 11.1. The highest BCUT2D eigenvalue weighted by molar-refractivity contribution is 5.48. The molecule has 0 amide bonds. The van der Waals surface area contributed by atoms with Gasteiger partial charge in [-0.15, -0.1) is 0 Å². The predicted molar refractivity (Wildman–Crippen MR) is 73.8 cm³/mol. The number of hydrogen-bond donors (Lipinski definition) is 1. The minimum absolute atomic E-state index is 0.551. The van der Waals surface area contributed by atoms with E-state index in [1.165, 1.54) is 36.9 Å². The second-order valence-corrected chi connectivity index (χ2v) is 5.38. The van der Waals surface area contributed by atoms with Crippen LogP contribution in [0.15, 0.2) is 12.2 Å². The molecule has 3 heteroatoms. The van der Waals surface area contributed by atoms with Gasteiger partial charge in [0.05, 0.1) is 0 Å². The van der Waals surface area contributed by atoms with Gasteiger partial charge >= 0.3 is 0 Å². The SMILES string of the molecule is Cc1nc2c(c(NC3CC=CCC3)n1)CCCC2. The molecule has 2 aliphatic rings. The van der Waals surface area contributed by atoms with Crippen LogP contribution in [0.5, 0.6) is 0 Å². The molecular weight excluding hydrogens is 222 g/mol. The summed E-state index contributed by atoms with van der Waals surface area (Å²) in [6, 6.07) is 0.551. The minimum atomic E-state index is 0.551. The molecule has 3 rings (SSSR count). The first-order valence-corrected chi connectivity index (χ1v) is 7.11. The van der Waals surface area contributed by atoms with Crippen LogP contribution in [0.4, 0.5) is 5.82 Å². The maximum absolute atomic E-state index is 4.63. The van der Waals surface area contributed by atoms with Crippen LogP contribution in [-0.2, 0) is 12.8 Å². The average molecular weight is 243 g/mol. The Morgan fingerprint density at radius 3 is 2.89 bits per heavy atom. The van der Waals surface area contributed by atoms with Gasteiger partial charge in [-0.25, -0.2) is 9.97 Å². The number of aromatic nitrogens is 2. The summed E-state index contributed by atoms with van der Waals surface area (Å²) in [5, 5.41) is 3.65. The van der Waals surface area contributed by atoms with Gasteiger partial charge in [-0.05, 0) is 51.9 Å². The number of nitrogens with zero attached hydrogens (tertiary/aromatic N) is 2. The van der Waals surface area contributed by atoms with Crippen LogP contribution in [0.25, 0.3) is 0 Å². The molecule has 1 heterocycles. The molecule has 2 aliphatic carbocycles. The van der Waals surface area contributed by atoms with Gasteiger partial charge in [-0.3, -0.25) is 0 Å². The molecule has 0 bridgehead atoms. The van der Waals surface area contributed by atoms with E-state index in [2.05, 4.69) is 27.4 Å². The molecule has 0 spiro atoms. The Morgan fingerprint density at radius 1 is 1.17 bits per heavy atom. The highest BCUT2D eigenvalue weighted by Crippen LogP contribution is 2.27. The van der Waals surface area contributed by atoms with E-state index in [9.17, 15) is 0 Å². The first kappa shape index (κ1) is 11.7. The van der Waals surface area contributed by atoms with Gasteiger partial charge in [0.15, 0.2) is 0 Å². The van der Waals surface area contributed by atoms with Gasteiger partial charge in [-0.2, -0.15) is 0 Å². The van der Waals surface area contributed by atoms with E-state index in [4.69, 9.17) is 0 Å². The lowest BCUT2D eigenvalue weighted by molar-refractivity contribution is 0.627.